The first-order valence-corrected chi connectivity index (χ1v) is 11.6. The first-order chi connectivity index (χ1) is 16.7. The van der Waals surface area contributed by atoms with Crippen LogP contribution in [-0.4, -0.2) is 35.7 Å². The van der Waals surface area contributed by atoms with E-state index in [4.69, 9.17) is 16.3 Å². The lowest BCUT2D eigenvalue weighted by Crippen LogP contribution is -2.47. The number of amides is 2. The van der Waals surface area contributed by atoms with Crippen LogP contribution in [-0.2, 0) is 9.53 Å². The second-order valence-corrected chi connectivity index (χ2v) is 9.15. The van der Waals surface area contributed by atoms with Crippen molar-refractivity contribution in [3.8, 4) is 11.1 Å². The number of ether oxygens (including phenoxy) is 1. The Morgan fingerprint density at radius 3 is 2.14 bits per heavy atom. The molecule has 3 N–H and O–H groups in total. The molecule has 3 aromatic rings. The highest BCUT2D eigenvalue weighted by Gasteiger charge is 2.30. The van der Waals surface area contributed by atoms with Crippen LogP contribution in [0.2, 0.25) is 5.02 Å². The van der Waals surface area contributed by atoms with E-state index in [0.29, 0.717) is 0 Å². The van der Waals surface area contributed by atoms with Crippen LogP contribution in [0.15, 0.2) is 66.7 Å². The summed E-state index contributed by atoms with van der Waals surface area (Å²) in [5.41, 5.74) is 4.60. The normalized spacial score (nSPS) is 13.0. The molecule has 0 fully saturated rings. The average molecular weight is 493 g/mol. The molecule has 0 heterocycles. The lowest BCUT2D eigenvalue weighted by molar-refractivity contribution is -0.119. The van der Waals surface area contributed by atoms with E-state index in [2.05, 4.69) is 22.8 Å². The van der Waals surface area contributed by atoms with Crippen molar-refractivity contribution >= 4 is 35.3 Å². The van der Waals surface area contributed by atoms with Gasteiger partial charge in [0.1, 0.15) is 12.6 Å². The number of benzene rings is 3. The summed E-state index contributed by atoms with van der Waals surface area (Å²) in [7, 11) is 0. The summed E-state index contributed by atoms with van der Waals surface area (Å²) in [4.78, 5) is 36.8. The van der Waals surface area contributed by atoms with Crippen molar-refractivity contribution in [1.82, 2.24) is 5.32 Å². The summed E-state index contributed by atoms with van der Waals surface area (Å²) < 4.78 is 5.56. The molecule has 0 aromatic heterocycles. The zero-order chi connectivity index (χ0) is 25.1. The maximum atomic E-state index is 12.9. The number of hydrogen-bond donors (Lipinski definition) is 3. The van der Waals surface area contributed by atoms with Crippen LogP contribution in [0.1, 0.15) is 41.3 Å². The number of aromatic carboxylic acids is 1. The number of fused-ring (bicyclic) bond motifs is 3. The van der Waals surface area contributed by atoms with Gasteiger partial charge in [0, 0.05) is 16.6 Å². The van der Waals surface area contributed by atoms with E-state index in [0.717, 1.165) is 22.3 Å². The fraction of sp³-hybridized carbons (Fsp3) is 0.222. The number of carbonyl (C=O) groups is 3. The fourth-order valence-corrected chi connectivity index (χ4v) is 4.54. The van der Waals surface area contributed by atoms with Crippen LogP contribution >= 0.6 is 11.6 Å². The van der Waals surface area contributed by atoms with Gasteiger partial charge in [-0.3, -0.25) is 4.79 Å². The van der Waals surface area contributed by atoms with Crippen LogP contribution in [0.25, 0.3) is 11.1 Å². The number of rotatable bonds is 7. The van der Waals surface area contributed by atoms with Gasteiger partial charge in [0.05, 0.1) is 5.56 Å². The van der Waals surface area contributed by atoms with Crippen LogP contribution in [0.3, 0.4) is 0 Å². The number of nitrogens with one attached hydrogen (secondary N) is 2. The molecule has 1 aliphatic rings. The molecular formula is C27H25ClN2O5. The molecule has 2 amide bonds. The minimum atomic E-state index is -1.17. The summed E-state index contributed by atoms with van der Waals surface area (Å²) in [6.07, 6.45) is -0.710. The Labute approximate surface area is 208 Å². The van der Waals surface area contributed by atoms with E-state index in [-0.39, 0.29) is 34.7 Å². The Morgan fingerprint density at radius 1 is 0.971 bits per heavy atom. The van der Waals surface area contributed by atoms with Crippen molar-refractivity contribution in [2.45, 2.75) is 25.8 Å². The molecule has 1 unspecified atom stereocenters. The third-order valence-electron chi connectivity index (χ3n) is 5.98. The summed E-state index contributed by atoms with van der Waals surface area (Å²) >= 11 is 5.97. The van der Waals surface area contributed by atoms with Crippen LogP contribution in [0, 0.1) is 5.92 Å². The number of anilines is 1. The predicted molar refractivity (Wildman–Crippen MR) is 134 cm³/mol. The van der Waals surface area contributed by atoms with Gasteiger partial charge < -0.3 is 20.5 Å². The van der Waals surface area contributed by atoms with E-state index in [1.807, 2.05) is 36.4 Å². The SMILES string of the molecule is CC(C)C(NC(=O)OCC1c2ccccc2-c2ccccc21)C(=O)Nc1cc(Cl)cc(C(=O)O)c1. The minimum Gasteiger partial charge on any atom is -0.478 e. The fourth-order valence-electron chi connectivity index (χ4n) is 4.31. The van der Waals surface area contributed by atoms with Gasteiger partial charge in [-0.25, -0.2) is 9.59 Å². The lowest BCUT2D eigenvalue weighted by atomic mass is 9.98. The van der Waals surface area contributed by atoms with Crippen LogP contribution in [0.4, 0.5) is 10.5 Å². The van der Waals surface area contributed by atoms with Gasteiger partial charge >= 0.3 is 12.1 Å². The van der Waals surface area contributed by atoms with Crippen molar-refractivity contribution in [1.29, 1.82) is 0 Å². The molecule has 4 rings (SSSR count). The molecule has 0 radical (unpaired) electrons. The number of carboxylic acid groups (broad SMARTS) is 1. The first kappa shape index (κ1) is 24.3. The van der Waals surface area contributed by atoms with Gasteiger partial charge in [0.2, 0.25) is 5.91 Å². The average Bonchev–Trinajstić information content (AvgIpc) is 3.14. The highest BCUT2D eigenvalue weighted by molar-refractivity contribution is 6.31. The Morgan fingerprint density at radius 2 is 1.57 bits per heavy atom. The van der Waals surface area contributed by atoms with Gasteiger partial charge in [-0.15, -0.1) is 0 Å². The van der Waals surface area contributed by atoms with Crippen LogP contribution in [0.5, 0.6) is 0 Å². The highest BCUT2D eigenvalue weighted by Crippen LogP contribution is 2.44. The van der Waals surface area contributed by atoms with E-state index in [1.54, 1.807) is 13.8 Å². The van der Waals surface area contributed by atoms with Crippen LogP contribution < -0.4 is 10.6 Å². The minimum absolute atomic E-state index is 0.0570. The van der Waals surface area contributed by atoms with Gasteiger partial charge in [-0.05, 0) is 46.4 Å². The molecule has 35 heavy (non-hydrogen) atoms. The zero-order valence-electron chi connectivity index (χ0n) is 19.2. The van der Waals surface area contributed by atoms with Crippen molar-refractivity contribution < 1.29 is 24.2 Å². The molecule has 1 aliphatic carbocycles. The molecular weight excluding hydrogens is 468 g/mol. The van der Waals surface area contributed by atoms with Crippen molar-refractivity contribution in [3.05, 3.63) is 88.4 Å². The molecule has 3 aromatic carbocycles. The number of hydrogen-bond acceptors (Lipinski definition) is 4. The smallest absolute Gasteiger partial charge is 0.407 e. The molecule has 0 spiro atoms. The second kappa shape index (κ2) is 10.2. The molecule has 0 aliphatic heterocycles. The third-order valence-corrected chi connectivity index (χ3v) is 6.20. The maximum Gasteiger partial charge on any atom is 0.407 e. The Balaban J connectivity index is 1.43. The molecule has 1 atom stereocenters. The van der Waals surface area contributed by atoms with Gasteiger partial charge in [-0.1, -0.05) is 74.0 Å². The summed E-state index contributed by atoms with van der Waals surface area (Å²) in [6.45, 7) is 3.70. The zero-order valence-corrected chi connectivity index (χ0v) is 20.0. The molecule has 8 heteroatoms. The quantitative estimate of drug-likeness (QED) is 0.401. The Hall–Kier alpha value is -3.84. The summed E-state index contributed by atoms with van der Waals surface area (Å²) in [5.74, 6) is -2.03. The van der Waals surface area contributed by atoms with Gasteiger partial charge in [0.15, 0.2) is 0 Å². The lowest BCUT2D eigenvalue weighted by Gasteiger charge is -2.22. The Bertz CT molecular complexity index is 1240. The van der Waals surface area contributed by atoms with E-state index >= 15 is 0 Å². The molecule has 180 valence electrons. The largest absolute Gasteiger partial charge is 0.478 e. The number of carbonyl (C=O) groups excluding carboxylic acids is 2. The molecule has 0 bridgehead atoms. The number of carboxylic acids is 1. The Kier molecular flexibility index (Phi) is 7.07. The number of halogens is 1. The molecule has 0 saturated heterocycles. The second-order valence-electron chi connectivity index (χ2n) is 8.71. The summed E-state index contributed by atoms with van der Waals surface area (Å²) in [5, 5.41) is 14.7. The van der Waals surface area contributed by atoms with Gasteiger partial charge in [0.25, 0.3) is 0 Å². The van der Waals surface area contributed by atoms with Gasteiger partial charge in [-0.2, -0.15) is 0 Å². The van der Waals surface area contributed by atoms with E-state index < -0.39 is 24.0 Å². The van der Waals surface area contributed by atoms with E-state index in [1.165, 1.54) is 18.2 Å². The topological polar surface area (TPSA) is 105 Å². The predicted octanol–water partition coefficient (Wildman–Crippen LogP) is 5.54. The third kappa shape index (κ3) is 5.30. The van der Waals surface area contributed by atoms with Crippen molar-refractivity contribution in [2.75, 3.05) is 11.9 Å². The summed E-state index contributed by atoms with van der Waals surface area (Å²) in [6, 6.07) is 19.2. The highest BCUT2D eigenvalue weighted by atomic mass is 35.5. The van der Waals surface area contributed by atoms with E-state index in [9.17, 15) is 19.5 Å². The molecule has 0 saturated carbocycles. The maximum absolute atomic E-state index is 12.9. The standard InChI is InChI=1S/C27H25ClN2O5/c1-15(2)24(25(31)29-18-12-16(26(32)33)11-17(28)13-18)30-27(34)35-14-23-21-9-5-3-7-19(21)20-8-4-6-10-22(20)23/h3-13,15,23-24H,14H2,1-2H3,(H,29,31)(H,30,34)(H,32,33). The van der Waals surface area contributed by atoms with Crippen molar-refractivity contribution in [3.63, 3.8) is 0 Å². The first-order valence-electron chi connectivity index (χ1n) is 11.2. The monoisotopic (exact) mass is 492 g/mol. The molecule has 7 nitrogen and oxygen atoms in total. The number of alkyl carbamates (subject to hydrolysis) is 1. The van der Waals surface area contributed by atoms with Crippen molar-refractivity contribution in [2.24, 2.45) is 5.92 Å².